The first-order valence-corrected chi connectivity index (χ1v) is 8.44. The molecular formula is C14H23NO3S. The van der Waals surface area contributed by atoms with Gasteiger partial charge in [-0.2, -0.15) is 0 Å². The first kappa shape index (κ1) is 16.0. The predicted molar refractivity (Wildman–Crippen MR) is 78.6 cm³/mol. The maximum Gasteiger partial charge on any atom is 0.148 e. The maximum absolute atomic E-state index is 11.1. The lowest BCUT2D eigenvalue weighted by atomic mass is 9.94. The minimum atomic E-state index is -2.90. The van der Waals surface area contributed by atoms with Crippen LogP contribution in [0.2, 0.25) is 0 Å². The summed E-state index contributed by atoms with van der Waals surface area (Å²) >= 11 is 0. The average Bonchev–Trinajstić information content (AvgIpc) is 2.36. The molecule has 0 aliphatic heterocycles. The number of rotatable bonds is 7. The zero-order chi connectivity index (χ0) is 14.5. The Kier molecular flexibility index (Phi) is 5.82. The fourth-order valence-electron chi connectivity index (χ4n) is 1.84. The van der Waals surface area contributed by atoms with Crippen molar-refractivity contribution in [1.82, 2.24) is 5.32 Å². The first-order valence-electron chi connectivity index (χ1n) is 6.38. The van der Waals surface area contributed by atoms with Crippen LogP contribution < -0.4 is 10.1 Å². The first-order chi connectivity index (χ1) is 8.83. The Labute approximate surface area is 116 Å². The van der Waals surface area contributed by atoms with Crippen LogP contribution in [0, 0.1) is 0 Å². The lowest BCUT2D eigenvalue weighted by Crippen LogP contribution is -2.34. The molecule has 1 aromatic rings. The lowest BCUT2D eigenvalue weighted by molar-refractivity contribution is 0.414. The molecule has 4 nitrogen and oxygen atoms in total. The Morgan fingerprint density at radius 3 is 2.26 bits per heavy atom. The monoisotopic (exact) mass is 285 g/mol. The SMILES string of the molecule is COc1ccc(C(C)C(C)NCCS(C)(=O)=O)cc1. The zero-order valence-corrected chi connectivity index (χ0v) is 12.8. The molecule has 0 spiro atoms. The van der Waals surface area contributed by atoms with Gasteiger partial charge >= 0.3 is 0 Å². The average molecular weight is 285 g/mol. The van der Waals surface area contributed by atoms with Crippen molar-refractivity contribution in [3.8, 4) is 5.75 Å². The van der Waals surface area contributed by atoms with E-state index in [-0.39, 0.29) is 11.8 Å². The minimum Gasteiger partial charge on any atom is -0.497 e. The Morgan fingerprint density at radius 1 is 1.21 bits per heavy atom. The third-order valence-electron chi connectivity index (χ3n) is 3.33. The van der Waals surface area contributed by atoms with Gasteiger partial charge in [0.05, 0.1) is 12.9 Å². The van der Waals surface area contributed by atoms with E-state index in [9.17, 15) is 8.42 Å². The van der Waals surface area contributed by atoms with Crippen molar-refractivity contribution in [1.29, 1.82) is 0 Å². The van der Waals surface area contributed by atoms with Gasteiger partial charge in [0, 0.05) is 18.8 Å². The van der Waals surface area contributed by atoms with Gasteiger partial charge in [0.2, 0.25) is 0 Å². The Hall–Kier alpha value is -1.07. The molecule has 0 radical (unpaired) electrons. The Balaban J connectivity index is 2.53. The molecule has 0 amide bonds. The van der Waals surface area contributed by atoms with Crippen molar-refractivity contribution in [2.24, 2.45) is 0 Å². The second-order valence-electron chi connectivity index (χ2n) is 4.93. The van der Waals surface area contributed by atoms with E-state index >= 15 is 0 Å². The van der Waals surface area contributed by atoms with E-state index in [4.69, 9.17) is 4.74 Å². The van der Waals surface area contributed by atoms with Gasteiger partial charge in [-0.25, -0.2) is 8.42 Å². The number of nitrogens with one attached hydrogen (secondary N) is 1. The van der Waals surface area contributed by atoms with Gasteiger partial charge < -0.3 is 10.1 Å². The largest absolute Gasteiger partial charge is 0.497 e. The van der Waals surface area contributed by atoms with E-state index < -0.39 is 9.84 Å². The molecule has 0 bridgehead atoms. The number of methoxy groups -OCH3 is 1. The Bertz CT molecular complexity index is 482. The molecule has 1 rings (SSSR count). The highest BCUT2D eigenvalue weighted by atomic mass is 32.2. The maximum atomic E-state index is 11.1. The molecule has 1 aromatic carbocycles. The summed E-state index contributed by atoms with van der Waals surface area (Å²) in [6.07, 6.45) is 1.26. The van der Waals surface area contributed by atoms with Crippen LogP contribution in [0.4, 0.5) is 0 Å². The van der Waals surface area contributed by atoms with Crippen LogP contribution in [0.25, 0.3) is 0 Å². The number of sulfone groups is 1. The Morgan fingerprint density at radius 2 is 1.79 bits per heavy atom. The van der Waals surface area contributed by atoms with E-state index in [1.807, 2.05) is 24.3 Å². The molecule has 108 valence electrons. The molecule has 0 saturated heterocycles. The summed E-state index contributed by atoms with van der Waals surface area (Å²) in [5, 5.41) is 3.26. The summed E-state index contributed by atoms with van der Waals surface area (Å²) < 4.78 is 27.3. The molecule has 0 aliphatic rings. The third-order valence-corrected chi connectivity index (χ3v) is 4.28. The summed E-state index contributed by atoms with van der Waals surface area (Å²) in [6, 6.07) is 8.18. The highest BCUT2D eigenvalue weighted by Gasteiger charge is 2.14. The van der Waals surface area contributed by atoms with E-state index in [0.717, 1.165) is 5.75 Å². The highest BCUT2D eigenvalue weighted by Crippen LogP contribution is 2.21. The van der Waals surface area contributed by atoms with Crippen molar-refractivity contribution in [2.45, 2.75) is 25.8 Å². The minimum absolute atomic E-state index is 0.173. The van der Waals surface area contributed by atoms with Gasteiger partial charge in [0.15, 0.2) is 0 Å². The van der Waals surface area contributed by atoms with Crippen molar-refractivity contribution in [3.63, 3.8) is 0 Å². The number of benzene rings is 1. The zero-order valence-electron chi connectivity index (χ0n) is 12.0. The van der Waals surface area contributed by atoms with Gasteiger partial charge in [-0.3, -0.25) is 0 Å². The fourth-order valence-corrected chi connectivity index (χ4v) is 2.33. The van der Waals surface area contributed by atoms with Crippen molar-refractivity contribution in [3.05, 3.63) is 29.8 Å². The summed E-state index contributed by atoms with van der Waals surface area (Å²) in [5.74, 6) is 1.33. The second kappa shape index (κ2) is 6.91. The predicted octanol–water partition coefficient (Wildman–Crippen LogP) is 1.82. The van der Waals surface area contributed by atoms with Crippen LogP contribution in [0.15, 0.2) is 24.3 Å². The van der Waals surface area contributed by atoms with Crippen molar-refractivity contribution in [2.75, 3.05) is 25.7 Å². The number of ether oxygens (including phenoxy) is 1. The standard InChI is InChI=1S/C14H23NO3S/c1-11(12(2)15-9-10-19(4,16)17)13-5-7-14(18-3)8-6-13/h5-8,11-12,15H,9-10H2,1-4H3. The summed E-state index contributed by atoms with van der Waals surface area (Å²) in [5.41, 5.74) is 1.21. The summed E-state index contributed by atoms with van der Waals surface area (Å²) in [7, 11) is -1.25. The van der Waals surface area contributed by atoms with Crippen LogP contribution in [-0.2, 0) is 9.84 Å². The van der Waals surface area contributed by atoms with Crippen molar-refractivity contribution < 1.29 is 13.2 Å². The van der Waals surface area contributed by atoms with Crippen LogP contribution in [-0.4, -0.2) is 40.1 Å². The fraction of sp³-hybridized carbons (Fsp3) is 0.571. The van der Waals surface area contributed by atoms with E-state index in [1.165, 1.54) is 11.8 Å². The van der Waals surface area contributed by atoms with Crippen LogP contribution in [0.3, 0.4) is 0 Å². The molecule has 0 saturated carbocycles. The van der Waals surface area contributed by atoms with Gasteiger partial charge in [-0.15, -0.1) is 0 Å². The molecule has 0 aliphatic carbocycles. The number of hydrogen-bond acceptors (Lipinski definition) is 4. The van der Waals surface area contributed by atoms with Gasteiger partial charge in [0.1, 0.15) is 15.6 Å². The highest BCUT2D eigenvalue weighted by molar-refractivity contribution is 7.90. The van der Waals surface area contributed by atoms with E-state index in [0.29, 0.717) is 12.5 Å². The van der Waals surface area contributed by atoms with Crippen molar-refractivity contribution >= 4 is 9.84 Å². The second-order valence-corrected chi connectivity index (χ2v) is 7.19. The molecule has 0 aromatic heterocycles. The van der Waals surface area contributed by atoms with Gasteiger partial charge in [-0.1, -0.05) is 19.1 Å². The molecule has 0 fully saturated rings. The normalized spacial score (nSPS) is 14.9. The van der Waals surface area contributed by atoms with Crippen LogP contribution in [0.1, 0.15) is 25.3 Å². The molecule has 2 atom stereocenters. The lowest BCUT2D eigenvalue weighted by Gasteiger charge is -2.21. The summed E-state index contributed by atoms with van der Waals surface area (Å²) in [6.45, 7) is 4.68. The van der Waals surface area contributed by atoms with Gasteiger partial charge in [0.25, 0.3) is 0 Å². The molecule has 0 heterocycles. The quantitative estimate of drug-likeness (QED) is 0.830. The van der Waals surface area contributed by atoms with Crippen LogP contribution in [0.5, 0.6) is 5.75 Å². The molecule has 19 heavy (non-hydrogen) atoms. The smallest absolute Gasteiger partial charge is 0.148 e. The third kappa shape index (κ3) is 5.61. The molecule has 2 unspecified atom stereocenters. The number of hydrogen-bond donors (Lipinski definition) is 1. The molecular weight excluding hydrogens is 262 g/mol. The topological polar surface area (TPSA) is 55.4 Å². The van der Waals surface area contributed by atoms with Gasteiger partial charge in [-0.05, 0) is 30.5 Å². The molecule has 1 N–H and O–H groups in total. The molecule has 5 heteroatoms. The summed E-state index contributed by atoms with van der Waals surface area (Å²) in [4.78, 5) is 0. The van der Waals surface area contributed by atoms with Crippen LogP contribution >= 0.6 is 0 Å². The van der Waals surface area contributed by atoms with E-state index in [1.54, 1.807) is 7.11 Å². The van der Waals surface area contributed by atoms with E-state index in [2.05, 4.69) is 19.2 Å².